The van der Waals surface area contributed by atoms with Gasteiger partial charge in [-0.2, -0.15) is 0 Å². The molecule has 2 rings (SSSR count). The van der Waals surface area contributed by atoms with Crippen molar-refractivity contribution in [3.63, 3.8) is 0 Å². The smallest absolute Gasteiger partial charge is 0.0239 e. The van der Waals surface area contributed by atoms with Crippen molar-refractivity contribution in [1.82, 2.24) is 4.90 Å². The first-order valence-corrected chi connectivity index (χ1v) is 6.97. The molecule has 1 aromatic carbocycles. The van der Waals surface area contributed by atoms with Gasteiger partial charge < -0.3 is 0 Å². The Kier molecular flexibility index (Phi) is 5.50. The van der Waals surface area contributed by atoms with Crippen LogP contribution in [0.5, 0.6) is 0 Å². The highest BCUT2D eigenvalue weighted by molar-refractivity contribution is 9.10. The Bertz CT molecular complexity index is 334. The van der Waals surface area contributed by atoms with Gasteiger partial charge in [0.15, 0.2) is 0 Å². The summed E-state index contributed by atoms with van der Waals surface area (Å²) in [6, 6.07) is 7.30. The molecule has 0 fully saturated rings. The van der Waals surface area contributed by atoms with Gasteiger partial charge in [-0.1, -0.05) is 35.8 Å². The first-order chi connectivity index (χ1) is 7.66. The van der Waals surface area contributed by atoms with Crippen molar-refractivity contribution in [2.45, 2.75) is 46.7 Å². The molecule has 0 saturated heterocycles. The van der Waals surface area contributed by atoms with E-state index >= 15 is 0 Å². The van der Waals surface area contributed by atoms with Crippen LogP contribution in [0.1, 0.15) is 38.8 Å². The van der Waals surface area contributed by atoms with Crippen LogP contribution in [0.3, 0.4) is 0 Å². The van der Waals surface area contributed by atoms with E-state index in [9.17, 15) is 0 Å². The van der Waals surface area contributed by atoms with Crippen LogP contribution in [0.2, 0.25) is 0 Å². The van der Waals surface area contributed by atoms with E-state index in [1.807, 2.05) is 13.8 Å². The molecule has 1 aromatic rings. The van der Waals surface area contributed by atoms with Gasteiger partial charge in [0, 0.05) is 23.6 Å². The van der Waals surface area contributed by atoms with Gasteiger partial charge in [-0.3, -0.25) is 4.90 Å². The number of halogens is 1. The van der Waals surface area contributed by atoms with Crippen LogP contribution in [-0.4, -0.2) is 17.5 Å². The average Bonchev–Trinajstić information content (AvgIpc) is 2.30. The largest absolute Gasteiger partial charge is 0.296 e. The summed E-state index contributed by atoms with van der Waals surface area (Å²) in [5.41, 5.74) is 3.00. The molecule has 0 bridgehead atoms. The third-order valence-electron chi connectivity index (χ3n) is 2.94. The first-order valence-electron chi connectivity index (χ1n) is 6.18. The average molecular weight is 284 g/mol. The summed E-state index contributed by atoms with van der Waals surface area (Å²) < 4.78 is 1.20. The first kappa shape index (κ1) is 13.7. The summed E-state index contributed by atoms with van der Waals surface area (Å²) in [4.78, 5) is 2.52. The van der Waals surface area contributed by atoms with E-state index in [0.717, 1.165) is 6.54 Å². The molecule has 0 saturated carbocycles. The fraction of sp³-hybridized carbons (Fsp3) is 0.571. The van der Waals surface area contributed by atoms with E-state index in [1.54, 1.807) is 0 Å². The minimum Gasteiger partial charge on any atom is -0.296 e. The van der Waals surface area contributed by atoms with Gasteiger partial charge in [-0.15, -0.1) is 0 Å². The second-order valence-corrected chi connectivity index (χ2v) is 5.14. The maximum Gasteiger partial charge on any atom is 0.0239 e. The lowest BCUT2D eigenvalue weighted by Crippen LogP contribution is -2.35. The Balaban J connectivity index is 0.000000606. The summed E-state index contributed by atoms with van der Waals surface area (Å²) in [7, 11) is 0. The zero-order chi connectivity index (χ0) is 12.1. The predicted molar refractivity (Wildman–Crippen MR) is 74.7 cm³/mol. The van der Waals surface area contributed by atoms with Gasteiger partial charge in [0.1, 0.15) is 0 Å². The lowest BCUT2D eigenvalue weighted by Gasteiger charge is -2.31. The molecule has 0 N–H and O–H groups in total. The number of rotatable bonds is 1. The molecule has 2 heteroatoms. The van der Waals surface area contributed by atoms with Gasteiger partial charge in [0.25, 0.3) is 0 Å². The molecule has 0 radical (unpaired) electrons. The van der Waals surface area contributed by atoms with Gasteiger partial charge in [-0.05, 0) is 43.5 Å². The van der Waals surface area contributed by atoms with Crippen LogP contribution in [0.4, 0.5) is 0 Å². The van der Waals surface area contributed by atoms with Crippen LogP contribution < -0.4 is 0 Å². The SMILES string of the molecule is CC.CC(C)N1CCc2ccc(Br)cc2C1. The molecule has 1 heterocycles. The van der Waals surface area contributed by atoms with E-state index in [2.05, 4.69) is 52.9 Å². The van der Waals surface area contributed by atoms with Crippen molar-refractivity contribution in [3.05, 3.63) is 33.8 Å². The van der Waals surface area contributed by atoms with E-state index in [-0.39, 0.29) is 0 Å². The Morgan fingerprint density at radius 3 is 2.50 bits per heavy atom. The molecule has 90 valence electrons. The Morgan fingerprint density at radius 1 is 1.19 bits per heavy atom. The molecular weight excluding hydrogens is 262 g/mol. The van der Waals surface area contributed by atoms with E-state index in [4.69, 9.17) is 0 Å². The molecule has 0 aromatic heterocycles. The van der Waals surface area contributed by atoms with Gasteiger partial charge in [0.05, 0.1) is 0 Å². The Labute approximate surface area is 108 Å². The molecule has 0 spiro atoms. The lowest BCUT2D eigenvalue weighted by molar-refractivity contribution is 0.203. The van der Waals surface area contributed by atoms with Crippen molar-refractivity contribution in [1.29, 1.82) is 0 Å². The second kappa shape index (κ2) is 6.41. The maximum absolute atomic E-state index is 3.53. The monoisotopic (exact) mass is 283 g/mol. The standard InChI is InChI=1S/C12H16BrN.C2H6/c1-9(2)14-6-5-10-3-4-12(13)7-11(10)8-14;1-2/h3-4,7,9H,5-6,8H2,1-2H3;1-2H3. The fourth-order valence-corrected chi connectivity index (χ4v) is 2.40. The van der Waals surface area contributed by atoms with Crippen molar-refractivity contribution in [2.75, 3.05) is 6.54 Å². The highest BCUT2D eigenvalue weighted by atomic mass is 79.9. The molecule has 0 atom stereocenters. The van der Waals surface area contributed by atoms with Crippen LogP contribution in [0, 0.1) is 0 Å². The number of benzene rings is 1. The van der Waals surface area contributed by atoms with Crippen molar-refractivity contribution in [3.8, 4) is 0 Å². The highest BCUT2D eigenvalue weighted by Gasteiger charge is 2.17. The van der Waals surface area contributed by atoms with E-state index < -0.39 is 0 Å². The minimum absolute atomic E-state index is 0.655. The number of hydrogen-bond acceptors (Lipinski definition) is 1. The van der Waals surface area contributed by atoms with Crippen LogP contribution in [-0.2, 0) is 13.0 Å². The van der Waals surface area contributed by atoms with Gasteiger partial charge in [0.2, 0.25) is 0 Å². The topological polar surface area (TPSA) is 3.24 Å². The molecular formula is C14H22BrN. The maximum atomic E-state index is 3.53. The molecule has 0 amide bonds. The normalized spacial score (nSPS) is 15.4. The molecule has 1 aliphatic heterocycles. The van der Waals surface area contributed by atoms with Gasteiger partial charge in [-0.25, -0.2) is 0 Å². The zero-order valence-corrected chi connectivity index (χ0v) is 12.3. The number of fused-ring (bicyclic) bond motifs is 1. The van der Waals surface area contributed by atoms with Crippen molar-refractivity contribution >= 4 is 15.9 Å². The van der Waals surface area contributed by atoms with Crippen molar-refractivity contribution < 1.29 is 0 Å². The lowest BCUT2D eigenvalue weighted by atomic mass is 9.99. The minimum atomic E-state index is 0.655. The van der Waals surface area contributed by atoms with Gasteiger partial charge >= 0.3 is 0 Å². The number of nitrogens with zero attached hydrogens (tertiary/aromatic N) is 1. The summed E-state index contributed by atoms with van der Waals surface area (Å²) in [6.45, 7) is 10.8. The number of hydrogen-bond donors (Lipinski definition) is 0. The van der Waals surface area contributed by atoms with Crippen LogP contribution in [0.25, 0.3) is 0 Å². The second-order valence-electron chi connectivity index (χ2n) is 4.23. The summed E-state index contributed by atoms with van der Waals surface area (Å²) in [6.07, 6.45) is 1.20. The highest BCUT2D eigenvalue weighted by Crippen LogP contribution is 2.23. The van der Waals surface area contributed by atoms with Crippen LogP contribution >= 0.6 is 15.9 Å². The zero-order valence-electron chi connectivity index (χ0n) is 10.8. The van der Waals surface area contributed by atoms with E-state index in [1.165, 1.54) is 28.6 Å². The van der Waals surface area contributed by atoms with Crippen LogP contribution in [0.15, 0.2) is 22.7 Å². The summed E-state index contributed by atoms with van der Waals surface area (Å²) in [5, 5.41) is 0. The third kappa shape index (κ3) is 3.33. The quantitative estimate of drug-likeness (QED) is 0.745. The molecule has 1 aliphatic rings. The Morgan fingerprint density at radius 2 is 1.88 bits per heavy atom. The predicted octanol–water partition coefficient (Wildman–Crippen LogP) is 4.24. The van der Waals surface area contributed by atoms with E-state index in [0.29, 0.717) is 6.04 Å². The van der Waals surface area contributed by atoms with Crippen molar-refractivity contribution in [2.24, 2.45) is 0 Å². The molecule has 0 aliphatic carbocycles. The molecule has 16 heavy (non-hydrogen) atoms. The molecule has 1 nitrogen and oxygen atoms in total. The third-order valence-corrected chi connectivity index (χ3v) is 3.43. The summed E-state index contributed by atoms with van der Waals surface area (Å²) in [5.74, 6) is 0. The molecule has 0 unspecified atom stereocenters. The summed E-state index contributed by atoms with van der Waals surface area (Å²) >= 11 is 3.53. The fourth-order valence-electron chi connectivity index (χ4n) is 1.99. The Hall–Kier alpha value is -0.340.